The van der Waals surface area contributed by atoms with Gasteiger partial charge >= 0.3 is 5.97 Å². The van der Waals surface area contributed by atoms with Gasteiger partial charge in [-0.3, -0.25) is 19.2 Å². The molecule has 0 aliphatic heterocycles. The quantitative estimate of drug-likeness (QED) is 0.460. The third-order valence-electron chi connectivity index (χ3n) is 5.22. The third kappa shape index (κ3) is 4.27. The van der Waals surface area contributed by atoms with Gasteiger partial charge in [-0.2, -0.15) is 0 Å². The number of carbonyl (C=O) groups excluding carboxylic acids is 4. The van der Waals surface area contributed by atoms with Crippen molar-refractivity contribution in [2.75, 3.05) is 19.0 Å². The predicted octanol–water partition coefficient (Wildman–Crippen LogP) is 2.98. The lowest BCUT2D eigenvalue weighted by Crippen LogP contribution is -2.31. The molecule has 0 radical (unpaired) electrons. The van der Waals surface area contributed by atoms with Gasteiger partial charge in [0.2, 0.25) is 5.91 Å². The highest BCUT2D eigenvalue weighted by molar-refractivity contribution is 6.22. The number of esters is 1. The van der Waals surface area contributed by atoms with E-state index in [-0.39, 0.29) is 30.6 Å². The van der Waals surface area contributed by atoms with Crippen LogP contribution in [0.4, 0.5) is 5.69 Å². The highest BCUT2D eigenvalue weighted by Crippen LogP contribution is 2.36. The molecule has 4 rings (SSSR count). The standard InChI is InChI=1S/C25H20N2O5/c1-32-23(29)14-26-22(28)12-15-6-9-17(10-7-15)27-25(31)16-8-11-19-18-4-2-3-5-20(18)24(30)21(19)13-16/h2-11,13H,12,14H2,1H3,(H,26,28)(H,27,31). The van der Waals surface area contributed by atoms with Crippen molar-refractivity contribution in [3.05, 3.63) is 89.0 Å². The maximum absolute atomic E-state index is 12.7. The zero-order valence-corrected chi connectivity index (χ0v) is 17.3. The number of methoxy groups -OCH3 is 1. The van der Waals surface area contributed by atoms with Crippen molar-refractivity contribution in [2.45, 2.75) is 6.42 Å². The predicted molar refractivity (Wildman–Crippen MR) is 118 cm³/mol. The molecule has 3 aromatic rings. The highest BCUT2D eigenvalue weighted by Gasteiger charge is 2.27. The van der Waals surface area contributed by atoms with E-state index in [1.807, 2.05) is 18.2 Å². The van der Waals surface area contributed by atoms with Gasteiger partial charge < -0.3 is 15.4 Å². The molecule has 0 fully saturated rings. The van der Waals surface area contributed by atoms with Crippen molar-refractivity contribution in [3.63, 3.8) is 0 Å². The average Bonchev–Trinajstić information content (AvgIpc) is 3.10. The number of anilines is 1. The molecule has 0 unspecified atom stereocenters. The summed E-state index contributed by atoms with van der Waals surface area (Å²) in [5.41, 5.74) is 4.55. The second-order valence-corrected chi connectivity index (χ2v) is 7.32. The van der Waals surface area contributed by atoms with Crippen LogP contribution in [0, 0.1) is 0 Å². The minimum atomic E-state index is -0.520. The lowest BCUT2D eigenvalue weighted by atomic mass is 10.0. The SMILES string of the molecule is COC(=O)CNC(=O)Cc1ccc(NC(=O)c2ccc3c(c2)C(=O)c2ccccc2-3)cc1. The van der Waals surface area contributed by atoms with E-state index in [0.29, 0.717) is 22.4 Å². The molecule has 0 aromatic heterocycles. The van der Waals surface area contributed by atoms with E-state index in [9.17, 15) is 19.2 Å². The minimum absolute atomic E-state index is 0.0833. The molecular formula is C25H20N2O5. The Kier molecular flexibility index (Phi) is 5.81. The number of amides is 2. The van der Waals surface area contributed by atoms with Crippen LogP contribution in [-0.2, 0) is 20.7 Å². The number of hydrogen-bond donors (Lipinski definition) is 2. The molecule has 32 heavy (non-hydrogen) atoms. The van der Waals surface area contributed by atoms with E-state index in [0.717, 1.165) is 16.7 Å². The Balaban J connectivity index is 1.40. The highest BCUT2D eigenvalue weighted by atomic mass is 16.5. The molecule has 160 valence electrons. The van der Waals surface area contributed by atoms with Crippen LogP contribution in [-0.4, -0.2) is 37.2 Å². The van der Waals surface area contributed by atoms with Crippen molar-refractivity contribution >= 4 is 29.3 Å². The van der Waals surface area contributed by atoms with Crippen molar-refractivity contribution in [1.82, 2.24) is 5.32 Å². The summed E-state index contributed by atoms with van der Waals surface area (Å²) in [6.45, 7) is -0.183. The summed E-state index contributed by atoms with van der Waals surface area (Å²) >= 11 is 0. The van der Waals surface area contributed by atoms with Gasteiger partial charge in [-0.1, -0.05) is 42.5 Å². The molecule has 0 saturated carbocycles. The summed E-state index contributed by atoms with van der Waals surface area (Å²) in [5.74, 6) is -1.25. The lowest BCUT2D eigenvalue weighted by Gasteiger charge is -2.08. The van der Waals surface area contributed by atoms with E-state index >= 15 is 0 Å². The molecule has 1 aliphatic carbocycles. The smallest absolute Gasteiger partial charge is 0.325 e. The average molecular weight is 428 g/mol. The van der Waals surface area contributed by atoms with Crippen molar-refractivity contribution < 1.29 is 23.9 Å². The fourth-order valence-corrected chi connectivity index (χ4v) is 3.57. The Morgan fingerprint density at radius 1 is 0.844 bits per heavy atom. The minimum Gasteiger partial charge on any atom is -0.468 e. The van der Waals surface area contributed by atoms with Gasteiger partial charge in [0.1, 0.15) is 6.54 Å². The van der Waals surface area contributed by atoms with Gasteiger partial charge in [0.25, 0.3) is 5.91 Å². The van der Waals surface area contributed by atoms with Crippen LogP contribution in [0.1, 0.15) is 31.8 Å². The van der Waals surface area contributed by atoms with Gasteiger partial charge in [-0.05, 0) is 41.0 Å². The topological polar surface area (TPSA) is 102 Å². The number of ether oxygens (including phenoxy) is 1. The largest absolute Gasteiger partial charge is 0.468 e. The molecule has 2 amide bonds. The van der Waals surface area contributed by atoms with Gasteiger partial charge in [-0.15, -0.1) is 0 Å². The molecule has 0 atom stereocenters. The molecule has 0 saturated heterocycles. The van der Waals surface area contributed by atoms with Gasteiger partial charge in [0.15, 0.2) is 5.78 Å². The summed E-state index contributed by atoms with van der Waals surface area (Å²) in [6.07, 6.45) is 0.0959. The normalized spacial score (nSPS) is 11.3. The van der Waals surface area contributed by atoms with Gasteiger partial charge in [0, 0.05) is 22.4 Å². The second kappa shape index (κ2) is 8.85. The lowest BCUT2D eigenvalue weighted by molar-refractivity contribution is -0.141. The van der Waals surface area contributed by atoms with Gasteiger partial charge in [0.05, 0.1) is 13.5 Å². The van der Waals surface area contributed by atoms with Crippen molar-refractivity contribution in [3.8, 4) is 11.1 Å². The molecule has 0 bridgehead atoms. The Hall–Kier alpha value is -4.26. The summed E-state index contributed by atoms with van der Waals surface area (Å²) in [7, 11) is 1.25. The van der Waals surface area contributed by atoms with E-state index < -0.39 is 5.97 Å². The number of ketones is 1. The Morgan fingerprint density at radius 2 is 1.53 bits per heavy atom. The van der Waals surface area contributed by atoms with Crippen LogP contribution in [0.2, 0.25) is 0 Å². The first-order valence-electron chi connectivity index (χ1n) is 9.98. The molecule has 1 aliphatic rings. The van der Waals surface area contributed by atoms with E-state index in [4.69, 9.17) is 0 Å². The monoisotopic (exact) mass is 428 g/mol. The van der Waals surface area contributed by atoms with Crippen LogP contribution in [0.5, 0.6) is 0 Å². The van der Waals surface area contributed by atoms with E-state index in [1.54, 1.807) is 48.5 Å². The van der Waals surface area contributed by atoms with Crippen LogP contribution in [0.15, 0.2) is 66.7 Å². The first kappa shape index (κ1) is 21.0. The van der Waals surface area contributed by atoms with Crippen LogP contribution >= 0.6 is 0 Å². The number of fused-ring (bicyclic) bond motifs is 3. The van der Waals surface area contributed by atoms with Crippen molar-refractivity contribution in [1.29, 1.82) is 0 Å². The van der Waals surface area contributed by atoms with Crippen LogP contribution in [0.3, 0.4) is 0 Å². The van der Waals surface area contributed by atoms with Crippen LogP contribution in [0.25, 0.3) is 11.1 Å². The number of rotatable bonds is 6. The molecule has 0 heterocycles. The summed E-state index contributed by atoms with van der Waals surface area (Å²) in [4.78, 5) is 48.3. The second-order valence-electron chi connectivity index (χ2n) is 7.32. The fourth-order valence-electron chi connectivity index (χ4n) is 3.57. The number of carbonyl (C=O) groups is 4. The number of benzene rings is 3. The molecule has 3 aromatic carbocycles. The van der Waals surface area contributed by atoms with E-state index in [1.165, 1.54) is 7.11 Å². The first-order valence-corrected chi connectivity index (χ1v) is 9.98. The Labute approximate surface area is 184 Å². The maximum atomic E-state index is 12.7. The third-order valence-corrected chi connectivity index (χ3v) is 5.22. The first-order chi connectivity index (χ1) is 15.5. The summed E-state index contributed by atoms with van der Waals surface area (Å²) in [5, 5.41) is 5.27. The molecule has 7 nitrogen and oxygen atoms in total. The Bertz CT molecular complexity index is 1230. The number of hydrogen-bond acceptors (Lipinski definition) is 5. The Morgan fingerprint density at radius 3 is 2.25 bits per heavy atom. The zero-order valence-electron chi connectivity index (χ0n) is 17.3. The summed E-state index contributed by atoms with van der Waals surface area (Å²) in [6, 6.07) is 19.3. The van der Waals surface area contributed by atoms with E-state index in [2.05, 4.69) is 15.4 Å². The van der Waals surface area contributed by atoms with Crippen molar-refractivity contribution in [2.24, 2.45) is 0 Å². The number of nitrogens with one attached hydrogen (secondary N) is 2. The molecule has 0 spiro atoms. The molecule has 7 heteroatoms. The molecule has 2 N–H and O–H groups in total. The zero-order chi connectivity index (χ0) is 22.7. The molecular weight excluding hydrogens is 408 g/mol. The maximum Gasteiger partial charge on any atom is 0.325 e. The van der Waals surface area contributed by atoms with Gasteiger partial charge in [-0.25, -0.2) is 0 Å². The van der Waals surface area contributed by atoms with Crippen LogP contribution < -0.4 is 10.6 Å². The fraction of sp³-hybridized carbons (Fsp3) is 0.120. The summed E-state index contributed by atoms with van der Waals surface area (Å²) < 4.78 is 4.47.